The van der Waals surface area contributed by atoms with Crippen molar-refractivity contribution in [1.82, 2.24) is 0 Å². The van der Waals surface area contributed by atoms with Crippen LogP contribution in [0.25, 0.3) is 0 Å². The quantitative estimate of drug-likeness (QED) is 0.584. The van der Waals surface area contributed by atoms with Gasteiger partial charge in [0.15, 0.2) is 0 Å². The molecule has 5 heteroatoms. The normalized spacial score (nSPS) is 17.7. The average molecular weight is 208 g/mol. The molecule has 0 radical (unpaired) electrons. The van der Waals surface area contributed by atoms with Crippen molar-refractivity contribution in [3.8, 4) is 0 Å². The molecule has 0 aliphatic rings. The first kappa shape index (κ1) is 10.8. The van der Waals surface area contributed by atoms with E-state index in [1.54, 1.807) is 0 Å². The number of aliphatic carboxylic acids is 1. The molecule has 0 aromatic heterocycles. The van der Waals surface area contributed by atoms with E-state index in [-0.39, 0.29) is 10.5 Å². The lowest BCUT2D eigenvalue weighted by Gasteiger charge is -2.23. The Morgan fingerprint density at radius 1 is 1.77 bits per heavy atom. The maximum absolute atomic E-state index is 10.4. The number of carboxylic acid groups (broad SMARTS) is 1. The fourth-order valence-electron chi connectivity index (χ4n) is 0.665. The van der Waals surface area contributed by atoms with Gasteiger partial charge in [0.2, 0.25) is 0 Å². The van der Waals surface area contributed by atoms with Crippen LogP contribution in [0, 0.1) is 0 Å². The molecular weight excluding hydrogens is 190 g/mol. The Morgan fingerprint density at radius 2 is 2.31 bits per heavy atom. The predicted octanol–water partition coefficient (Wildman–Crippen LogP) is 0.293. The zero-order chi connectivity index (χ0) is 11.4. The second-order valence-electron chi connectivity index (χ2n) is 3.40. The Morgan fingerprint density at radius 3 is 2.69 bits per heavy atom. The highest BCUT2D eigenvalue weighted by Crippen LogP contribution is 2.27. The molecule has 0 heterocycles. The van der Waals surface area contributed by atoms with Crippen molar-refractivity contribution in [3.63, 3.8) is 0 Å². The smallest absolute Gasteiger partial charge is 0.321 e. The first-order valence-electron chi connectivity index (χ1n) is 4.55. The highest BCUT2D eigenvalue weighted by atomic mass is 32.2. The van der Waals surface area contributed by atoms with Crippen LogP contribution in [0.2, 0.25) is 0 Å². The molecule has 0 aliphatic carbocycles. The third-order valence-electron chi connectivity index (χ3n) is 1.55. The van der Waals surface area contributed by atoms with Crippen LogP contribution in [-0.4, -0.2) is 39.3 Å². The number of carbonyl (C=O) groups is 1. The minimum atomic E-state index is -1.13. The van der Waals surface area contributed by atoms with Gasteiger partial charge in [-0.25, -0.2) is 0 Å². The Balaban J connectivity index is 3.92. The summed E-state index contributed by atoms with van der Waals surface area (Å²) in [7, 11) is 0. The van der Waals surface area contributed by atoms with E-state index in [4.69, 9.17) is 17.3 Å². The maximum atomic E-state index is 10.4. The van der Waals surface area contributed by atoms with E-state index in [1.165, 1.54) is 11.8 Å². The van der Waals surface area contributed by atoms with Crippen molar-refractivity contribution >= 4 is 17.7 Å². The van der Waals surface area contributed by atoms with Gasteiger partial charge in [0.05, 0.1) is 1.37 Å². The molecule has 0 aliphatic heterocycles. The molecule has 0 bridgehead atoms. The van der Waals surface area contributed by atoms with E-state index in [1.807, 2.05) is 13.8 Å². The Hall–Kier alpha value is -0.260. The molecule has 0 aromatic carbocycles. The van der Waals surface area contributed by atoms with Gasteiger partial charge in [-0.2, -0.15) is 11.8 Å². The number of thioether (sulfide) groups is 1. The number of aliphatic hydroxyl groups is 1. The van der Waals surface area contributed by atoms with Crippen molar-refractivity contribution in [2.75, 3.05) is 12.3 Å². The van der Waals surface area contributed by atoms with Gasteiger partial charge in [-0.05, 0) is 6.42 Å². The first-order chi connectivity index (χ1) is 6.24. The SMILES string of the molecule is [2H]C(O)CC(C)(C)SC[C@H](N)C(=O)O. The third kappa shape index (κ3) is 5.90. The lowest BCUT2D eigenvalue weighted by molar-refractivity contribution is -0.137. The fraction of sp³-hybridized carbons (Fsp3) is 0.875. The molecule has 78 valence electrons. The van der Waals surface area contributed by atoms with Crippen molar-refractivity contribution in [1.29, 1.82) is 0 Å². The summed E-state index contributed by atoms with van der Waals surface area (Å²) in [4.78, 5) is 10.4. The van der Waals surface area contributed by atoms with Gasteiger partial charge in [0.1, 0.15) is 6.04 Å². The molecule has 4 N–H and O–H groups in total. The van der Waals surface area contributed by atoms with Gasteiger partial charge in [-0.15, -0.1) is 0 Å². The summed E-state index contributed by atoms with van der Waals surface area (Å²) in [5.41, 5.74) is 5.32. The molecular formula is C8H17NO3S. The fourth-order valence-corrected chi connectivity index (χ4v) is 1.63. The van der Waals surface area contributed by atoms with Crippen LogP contribution in [0.15, 0.2) is 0 Å². The number of hydrogen-bond acceptors (Lipinski definition) is 4. The van der Waals surface area contributed by atoms with Crippen molar-refractivity contribution < 1.29 is 16.4 Å². The average Bonchev–Trinajstić information content (AvgIpc) is 1.97. The molecule has 13 heavy (non-hydrogen) atoms. The van der Waals surface area contributed by atoms with Crippen LogP contribution < -0.4 is 5.73 Å². The van der Waals surface area contributed by atoms with Crippen molar-refractivity contribution in [2.24, 2.45) is 5.73 Å². The summed E-state index contributed by atoms with van der Waals surface area (Å²) in [5.74, 6) is -0.741. The third-order valence-corrected chi connectivity index (χ3v) is 3.03. The minimum absolute atomic E-state index is 0.287. The lowest BCUT2D eigenvalue weighted by Crippen LogP contribution is -2.34. The van der Waals surface area contributed by atoms with Gasteiger partial charge in [-0.3, -0.25) is 4.79 Å². The van der Waals surface area contributed by atoms with Gasteiger partial charge < -0.3 is 15.9 Å². The van der Waals surface area contributed by atoms with Crippen LogP contribution in [0.4, 0.5) is 0 Å². The summed E-state index contributed by atoms with van der Waals surface area (Å²) in [5, 5.41) is 17.4. The van der Waals surface area contributed by atoms with Crippen LogP contribution >= 0.6 is 11.8 Å². The Bertz CT molecular complexity index is 199. The number of nitrogens with two attached hydrogens (primary N) is 1. The number of aliphatic hydroxyl groups excluding tert-OH is 1. The van der Waals surface area contributed by atoms with Gasteiger partial charge in [0.25, 0.3) is 0 Å². The number of carboxylic acids is 1. The van der Waals surface area contributed by atoms with Gasteiger partial charge in [-0.1, -0.05) is 13.8 Å². The van der Waals surface area contributed by atoms with E-state index < -0.39 is 18.6 Å². The van der Waals surface area contributed by atoms with Gasteiger partial charge in [0, 0.05) is 17.1 Å². The molecule has 0 fully saturated rings. The molecule has 0 rings (SSSR count). The van der Waals surface area contributed by atoms with Crippen LogP contribution in [-0.2, 0) is 4.79 Å². The monoisotopic (exact) mass is 208 g/mol. The highest BCUT2D eigenvalue weighted by molar-refractivity contribution is 8.00. The van der Waals surface area contributed by atoms with E-state index in [2.05, 4.69) is 0 Å². The van der Waals surface area contributed by atoms with E-state index >= 15 is 0 Å². The maximum Gasteiger partial charge on any atom is 0.321 e. The second kappa shape index (κ2) is 5.47. The summed E-state index contributed by atoms with van der Waals surface area (Å²) >= 11 is 1.36. The Labute approximate surface area is 83.9 Å². The Kier molecular flexibility index (Phi) is 4.55. The molecule has 0 saturated heterocycles. The summed E-state index contributed by atoms with van der Waals surface area (Å²) in [6, 6.07) is -0.887. The van der Waals surface area contributed by atoms with Crippen LogP contribution in [0.3, 0.4) is 0 Å². The minimum Gasteiger partial charge on any atom is -0.480 e. The van der Waals surface area contributed by atoms with Crippen molar-refractivity contribution in [2.45, 2.75) is 31.1 Å². The molecule has 1 unspecified atom stereocenters. The molecule has 2 atom stereocenters. The summed E-state index contributed by atoms with van der Waals surface area (Å²) < 4.78 is 6.67. The second-order valence-corrected chi connectivity index (χ2v) is 5.13. The zero-order valence-corrected chi connectivity index (χ0v) is 8.67. The van der Waals surface area contributed by atoms with Crippen LogP contribution in [0.1, 0.15) is 21.6 Å². The molecule has 4 nitrogen and oxygen atoms in total. The summed E-state index contributed by atoms with van der Waals surface area (Å²) in [6.07, 6.45) is 0.296. The number of rotatable bonds is 6. The molecule has 0 amide bonds. The zero-order valence-electron chi connectivity index (χ0n) is 8.86. The largest absolute Gasteiger partial charge is 0.480 e. The molecule has 0 spiro atoms. The van der Waals surface area contributed by atoms with E-state index in [0.717, 1.165) is 0 Å². The van der Waals surface area contributed by atoms with Crippen LogP contribution in [0.5, 0.6) is 0 Å². The predicted molar refractivity (Wildman–Crippen MR) is 53.9 cm³/mol. The summed E-state index contributed by atoms with van der Waals surface area (Å²) in [6.45, 7) is 2.58. The topological polar surface area (TPSA) is 83.5 Å². The van der Waals surface area contributed by atoms with Crippen molar-refractivity contribution in [3.05, 3.63) is 0 Å². The molecule has 0 aromatic rings. The van der Waals surface area contributed by atoms with E-state index in [9.17, 15) is 4.79 Å². The van der Waals surface area contributed by atoms with E-state index in [0.29, 0.717) is 6.42 Å². The number of hydrogen-bond donors (Lipinski definition) is 3. The highest BCUT2D eigenvalue weighted by Gasteiger charge is 2.21. The first-order valence-corrected chi connectivity index (χ1v) is 4.96. The lowest BCUT2D eigenvalue weighted by atomic mass is 10.1. The standard InChI is InChI=1S/C8H17NO3S/c1-8(2,3-4-10)13-5-6(9)7(11)12/h6,10H,3-5,9H2,1-2H3,(H,11,12)/t6-/m0/s1/i4D/t4?,6-. The molecule has 0 saturated carbocycles. The van der Waals surface area contributed by atoms with Gasteiger partial charge >= 0.3 is 5.97 Å².